The number of Topliss-reactive ketones (excluding diaryl/α,β-unsaturated/α-hetero) is 1. The van der Waals surface area contributed by atoms with Crippen molar-refractivity contribution in [1.29, 1.82) is 0 Å². The Morgan fingerprint density at radius 1 is 1.12 bits per heavy atom. The molecular formula is C27H26FNO4S. The van der Waals surface area contributed by atoms with Gasteiger partial charge >= 0.3 is 0 Å². The molecule has 4 rings (SSSR count). The van der Waals surface area contributed by atoms with Crippen molar-refractivity contribution in [2.24, 2.45) is 0 Å². The summed E-state index contributed by atoms with van der Waals surface area (Å²) >= 11 is 1.44. The van der Waals surface area contributed by atoms with Crippen LogP contribution in [0.3, 0.4) is 0 Å². The Morgan fingerprint density at radius 3 is 2.47 bits per heavy atom. The van der Waals surface area contributed by atoms with Gasteiger partial charge in [0.25, 0.3) is 11.7 Å². The van der Waals surface area contributed by atoms with E-state index in [2.05, 4.69) is 0 Å². The monoisotopic (exact) mass is 479 g/mol. The molecule has 34 heavy (non-hydrogen) atoms. The van der Waals surface area contributed by atoms with E-state index in [1.54, 1.807) is 37.4 Å². The van der Waals surface area contributed by atoms with Crippen LogP contribution in [0.15, 0.2) is 65.6 Å². The number of likely N-dealkylation sites (tertiary alicyclic amines) is 1. The van der Waals surface area contributed by atoms with Gasteiger partial charge in [0.05, 0.1) is 25.3 Å². The molecule has 1 unspecified atom stereocenters. The van der Waals surface area contributed by atoms with Gasteiger partial charge in [0.2, 0.25) is 0 Å². The van der Waals surface area contributed by atoms with Crippen LogP contribution in [-0.4, -0.2) is 28.8 Å². The van der Waals surface area contributed by atoms with E-state index < -0.39 is 23.5 Å². The highest BCUT2D eigenvalue weighted by Crippen LogP contribution is 2.42. The molecule has 0 radical (unpaired) electrons. The van der Waals surface area contributed by atoms with Crippen molar-refractivity contribution in [3.05, 3.63) is 92.9 Å². The van der Waals surface area contributed by atoms with Crippen LogP contribution in [0.1, 0.15) is 48.4 Å². The molecule has 0 aliphatic carbocycles. The molecule has 1 aliphatic rings. The third-order valence-electron chi connectivity index (χ3n) is 5.93. The fourth-order valence-electron chi connectivity index (χ4n) is 4.23. The molecule has 1 aliphatic heterocycles. The van der Waals surface area contributed by atoms with E-state index in [1.807, 2.05) is 38.3 Å². The van der Waals surface area contributed by atoms with Crippen molar-refractivity contribution in [2.45, 2.75) is 38.8 Å². The molecule has 0 saturated carbocycles. The first-order valence-corrected chi connectivity index (χ1v) is 11.8. The van der Waals surface area contributed by atoms with E-state index in [-0.39, 0.29) is 28.9 Å². The maximum atomic E-state index is 14.9. The summed E-state index contributed by atoms with van der Waals surface area (Å²) in [5.41, 5.74) is 0.911. The summed E-state index contributed by atoms with van der Waals surface area (Å²) in [7, 11) is 1.57. The number of ether oxygens (including phenoxy) is 1. The van der Waals surface area contributed by atoms with Crippen molar-refractivity contribution in [3.63, 3.8) is 0 Å². The minimum atomic E-state index is -1.05. The molecule has 1 N–H and O–H groups in total. The van der Waals surface area contributed by atoms with Crippen LogP contribution in [0.4, 0.5) is 4.39 Å². The highest BCUT2D eigenvalue weighted by Gasteiger charge is 2.47. The molecule has 5 nitrogen and oxygen atoms in total. The molecule has 1 amide bonds. The number of aliphatic hydroxyl groups is 1. The predicted octanol–water partition coefficient (Wildman–Crippen LogP) is 5.82. The minimum Gasteiger partial charge on any atom is -0.507 e. The Hall–Kier alpha value is -3.45. The van der Waals surface area contributed by atoms with E-state index in [1.165, 1.54) is 28.4 Å². The number of amides is 1. The lowest BCUT2D eigenvalue weighted by molar-refractivity contribution is -0.140. The fraction of sp³-hybridized carbons (Fsp3) is 0.259. The number of hydrogen-bond acceptors (Lipinski definition) is 5. The zero-order chi connectivity index (χ0) is 24.6. The van der Waals surface area contributed by atoms with Crippen LogP contribution in [0.25, 0.3) is 5.76 Å². The van der Waals surface area contributed by atoms with Crippen molar-refractivity contribution in [1.82, 2.24) is 4.90 Å². The third-order valence-corrected chi connectivity index (χ3v) is 6.79. The highest BCUT2D eigenvalue weighted by molar-refractivity contribution is 7.09. The van der Waals surface area contributed by atoms with E-state index in [0.29, 0.717) is 11.3 Å². The summed E-state index contributed by atoms with van der Waals surface area (Å²) < 4.78 is 20.4. The molecule has 2 heterocycles. The summed E-state index contributed by atoms with van der Waals surface area (Å²) in [6.45, 7) is 6.16. The van der Waals surface area contributed by atoms with Gasteiger partial charge in [-0.1, -0.05) is 45.0 Å². The largest absolute Gasteiger partial charge is 0.507 e. The van der Waals surface area contributed by atoms with Crippen molar-refractivity contribution >= 4 is 28.8 Å². The number of rotatable bonds is 5. The van der Waals surface area contributed by atoms with Crippen LogP contribution >= 0.6 is 11.3 Å². The van der Waals surface area contributed by atoms with Crippen LogP contribution < -0.4 is 4.74 Å². The van der Waals surface area contributed by atoms with E-state index >= 15 is 0 Å². The topological polar surface area (TPSA) is 66.8 Å². The number of ketones is 1. The summed E-state index contributed by atoms with van der Waals surface area (Å²) in [6, 6.07) is 13.8. The van der Waals surface area contributed by atoms with E-state index in [0.717, 1.165) is 10.4 Å². The van der Waals surface area contributed by atoms with Gasteiger partial charge in [-0.15, -0.1) is 11.3 Å². The maximum Gasteiger partial charge on any atom is 0.295 e. The number of hydrogen-bond donors (Lipinski definition) is 1. The number of aliphatic hydroxyl groups excluding tert-OH is 1. The first-order chi connectivity index (χ1) is 16.1. The second-order valence-electron chi connectivity index (χ2n) is 9.19. The van der Waals surface area contributed by atoms with E-state index in [4.69, 9.17) is 4.74 Å². The Labute approximate surface area is 202 Å². The minimum absolute atomic E-state index is 0.128. The molecular weight excluding hydrogens is 453 g/mol. The molecule has 1 saturated heterocycles. The molecule has 0 bridgehead atoms. The number of halogens is 1. The Balaban J connectivity index is 1.91. The van der Waals surface area contributed by atoms with E-state index in [9.17, 15) is 19.1 Å². The zero-order valence-corrected chi connectivity index (χ0v) is 20.3. The quantitative estimate of drug-likeness (QED) is 0.285. The fourth-order valence-corrected chi connectivity index (χ4v) is 4.93. The first kappa shape index (κ1) is 23.7. The molecule has 7 heteroatoms. The van der Waals surface area contributed by atoms with Crippen molar-refractivity contribution < 1.29 is 23.8 Å². The normalized spacial score (nSPS) is 17.9. The van der Waals surface area contributed by atoms with Crippen molar-refractivity contribution in [2.75, 3.05) is 7.11 Å². The van der Waals surface area contributed by atoms with Gasteiger partial charge in [0, 0.05) is 21.6 Å². The average Bonchev–Trinajstić information content (AvgIpc) is 3.40. The SMILES string of the molecule is COc1ccc(/C(O)=C2\C(=O)C(=O)N(Cc3cccs3)C2c2ccccc2F)cc1C(C)(C)C. The molecule has 2 aromatic carbocycles. The van der Waals surface area contributed by atoms with Crippen molar-refractivity contribution in [3.8, 4) is 5.75 Å². The van der Waals surface area contributed by atoms with Crippen LogP contribution in [0.5, 0.6) is 5.75 Å². The number of thiophene rings is 1. The first-order valence-electron chi connectivity index (χ1n) is 10.9. The summed E-state index contributed by atoms with van der Waals surface area (Å²) in [5, 5.41) is 13.2. The second kappa shape index (κ2) is 9.06. The zero-order valence-electron chi connectivity index (χ0n) is 19.5. The molecule has 1 aromatic heterocycles. The highest BCUT2D eigenvalue weighted by atomic mass is 32.1. The number of methoxy groups -OCH3 is 1. The molecule has 176 valence electrons. The molecule has 3 aromatic rings. The van der Waals surface area contributed by atoms with Gasteiger partial charge < -0.3 is 14.7 Å². The lowest BCUT2D eigenvalue weighted by Gasteiger charge is -2.26. The Kier molecular flexibility index (Phi) is 6.32. The van der Waals surface area contributed by atoms with Gasteiger partial charge in [-0.25, -0.2) is 4.39 Å². The predicted molar refractivity (Wildman–Crippen MR) is 130 cm³/mol. The van der Waals surface area contributed by atoms with Gasteiger partial charge in [-0.3, -0.25) is 9.59 Å². The summed E-state index contributed by atoms with van der Waals surface area (Å²) in [4.78, 5) is 28.5. The number of carbonyl (C=O) groups is 2. The lowest BCUT2D eigenvalue weighted by Crippen LogP contribution is -2.29. The third kappa shape index (κ3) is 4.23. The van der Waals surface area contributed by atoms with Crippen LogP contribution in [0, 0.1) is 5.82 Å². The summed E-state index contributed by atoms with van der Waals surface area (Å²) in [6.07, 6.45) is 0. The second-order valence-corrected chi connectivity index (χ2v) is 10.2. The van der Waals surface area contributed by atoms with Gasteiger partial charge in [-0.05, 0) is 41.1 Å². The Morgan fingerprint density at radius 2 is 1.85 bits per heavy atom. The molecule has 0 spiro atoms. The molecule has 1 fully saturated rings. The number of carbonyl (C=O) groups excluding carboxylic acids is 2. The smallest absolute Gasteiger partial charge is 0.295 e. The van der Waals surface area contributed by atoms with Gasteiger partial charge in [0.15, 0.2) is 0 Å². The average molecular weight is 480 g/mol. The standard InChI is InChI=1S/C27H26FNO4S/c1-27(2,3)19-14-16(11-12-21(19)33-4)24(30)22-23(18-9-5-6-10-20(18)28)29(26(32)25(22)31)15-17-8-7-13-34-17/h5-14,23,30H,15H2,1-4H3/b24-22+. The molecule has 1 atom stereocenters. The van der Waals surface area contributed by atoms with Crippen LogP contribution in [0.2, 0.25) is 0 Å². The number of benzene rings is 2. The number of nitrogens with zero attached hydrogens (tertiary/aromatic N) is 1. The lowest BCUT2D eigenvalue weighted by atomic mass is 9.84. The Bertz CT molecular complexity index is 1270. The van der Waals surface area contributed by atoms with Crippen LogP contribution in [-0.2, 0) is 21.5 Å². The summed E-state index contributed by atoms with van der Waals surface area (Å²) in [5.74, 6) is -1.86. The maximum absolute atomic E-state index is 14.9. The van der Waals surface area contributed by atoms with Gasteiger partial charge in [-0.2, -0.15) is 0 Å². The van der Waals surface area contributed by atoms with Gasteiger partial charge in [0.1, 0.15) is 17.3 Å².